The molecule has 0 aliphatic carbocycles. The van der Waals surface area contributed by atoms with E-state index in [4.69, 9.17) is 17.8 Å². The maximum Gasteiger partial charge on any atom is 0.278 e. The fourth-order valence-corrected chi connectivity index (χ4v) is 5.02. The largest absolute Gasteiger partial charge is 0.456 e. The van der Waals surface area contributed by atoms with Crippen molar-refractivity contribution in [1.29, 1.82) is 0 Å². The van der Waals surface area contributed by atoms with Gasteiger partial charge in [-0.3, -0.25) is 0 Å². The van der Waals surface area contributed by atoms with Crippen LogP contribution in [-0.4, -0.2) is 58.3 Å². The number of hydrogen-bond donors (Lipinski definition) is 0. The lowest BCUT2D eigenvalue weighted by molar-refractivity contribution is 0.0452. The van der Waals surface area contributed by atoms with Gasteiger partial charge in [-0.05, 0) is 78.6 Å². The highest BCUT2D eigenvalue weighted by Gasteiger charge is 2.33. The molecule has 0 aromatic heterocycles. The molecular formula is C16H41NO4Si4. The molecule has 0 saturated carbocycles. The molecular weight excluding hydrogens is 383 g/mol. The molecule has 25 heavy (non-hydrogen) atoms. The molecule has 0 fully saturated rings. The van der Waals surface area contributed by atoms with E-state index < -0.39 is 33.3 Å². The Kier molecular flexibility index (Phi) is 9.51. The molecule has 0 bridgehead atoms. The van der Waals surface area contributed by atoms with Gasteiger partial charge in [0.05, 0.1) is 18.9 Å². The highest BCUT2D eigenvalue weighted by atomic mass is 28.4. The van der Waals surface area contributed by atoms with Crippen LogP contribution in [-0.2, 0) is 17.8 Å². The third-order valence-corrected chi connectivity index (χ3v) is 6.25. The van der Waals surface area contributed by atoms with Crippen LogP contribution in [0.15, 0.2) is 5.16 Å². The van der Waals surface area contributed by atoms with E-state index in [0.717, 1.165) is 0 Å². The summed E-state index contributed by atoms with van der Waals surface area (Å²) in [7, 11) is -6.88. The van der Waals surface area contributed by atoms with Crippen molar-refractivity contribution < 1.29 is 17.8 Å². The number of nitrogens with zero attached hydrogens (tertiary/aromatic N) is 1. The summed E-state index contributed by atoms with van der Waals surface area (Å²) < 4.78 is 24.6. The molecule has 9 heteroatoms. The average molecular weight is 424 g/mol. The van der Waals surface area contributed by atoms with Crippen molar-refractivity contribution in [3.63, 3.8) is 0 Å². The molecule has 0 N–H and O–H groups in total. The van der Waals surface area contributed by atoms with Gasteiger partial charge in [0.25, 0.3) is 8.32 Å². The molecule has 0 aliphatic heterocycles. The lowest BCUT2D eigenvalue weighted by Crippen LogP contribution is -2.49. The lowest BCUT2D eigenvalue weighted by atomic mass is 10.2. The summed E-state index contributed by atoms with van der Waals surface area (Å²) in [5, 5.41) is 4.25. The van der Waals surface area contributed by atoms with Crippen LogP contribution in [0.2, 0.25) is 78.6 Å². The van der Waals surface area contributed by atoms with Crippen molar-refractivity contribution in [2.45, 2.75) is 90.8 Å². The summed E-state index contributed by atoms with van der Waals surface area (Å²) >= 11 is 0. The first kappa shape index (κ1) is 25.2. The van der Waals surface area contributed by atoms with E-state index in [1.165, 1.54) is 0 Å². The van der Waals surface area contributed by atoms with Gasteiger partial charge in [-0.1, -0.05) is 0 Å². The molecule has 0 radical (unpaired) electrons. The second-order valence-electron chi connectivity index (χ2n) is 10.3. The third-order valence-electron chi connectivity index (χ3n) is 2.58. The molecule has 0 aromatic rings. The van der Waals surface area contributed by atoms with Crippen LogP contribution in [0.25, 0.3) is 0 Å². The Morgan fingerprint density at radius 3 is 1.52 bits per heavy atom. The molecule has 0 saturated heterocycles. The Labute approximate surface area is 160 Å². The highest BCUT2D eigenvalue weighted by molar-refractivity contribution is 6.71. The van der Waals surface area contributed by atoms with Crippen LogP contribution in [0.1, 0.15) is 0 Å². The zero-order chi connectivity index (χ0) is 20.1. The molecule has 0 heterocycles. The Morgan fingerprint density at radius 1 is 0.680 bits per heavy atom. The van der Waals surface area contributed by atoms with Gasteiger partial charge >= 0.3 is 0 Å². The van der Waals surface area contributed by atoms with Gasteiger partial charge in [0.2, 0.25) is 0 Å². The molecule has 2 atom stereocenters. The molecule has 150 valence electrons. The van der Waals surface area contributed by atoms with Crippen molar-refractivity contribution in [2.24, 2.45) is 5.16 Å². The normalized spacial score (nSPS) is 17.0. The van der Waals surface area contributed by atoms with E-state index in [1.54, 1.807) is 6.21 Å². The van der Waals surface area contributed by atoms with E-state index >= 15 is 0 Å². The fraction of sp³-hybridized carbons (Fsp3) is 0.938. The van der Waals surface area contributed by atoms with Crippen LogP contribution in [0.4, 0.5) is 0 Å². The van der Waals surface area contributed by atoms with E-state index in [0.29, 0.717) is 6.61 Å². The third kappa shape index (κ3) is 16.1. The summed E-state index contributed by atoms with van der Waals surface area (Å²) in [5.74, 6) is 0. The van der Waals surface area contributed by atoms with Gasteiger partial charge < -0.3 is 17.8 Å². The van der Waals surface area contributed by atoms with Gasteiger partial charge in [-0.15, -0.1) is 5.16 Å². The zero-order valence-electron chi connectivity index (χ0n) is 18.5. The Hall–Kier alpha value is 0.218. The molecule has 2 unspecified atom stereocenters. The Bertz CT molecular complexity index is 420. The summed E-state index contributed by atoms with van der Waals surface area (Å²) in [6.07, 6.45) is 1.39. The zero-order valence-corrected chi connectivity index (χ0v) is 22.5. The quantitative estimate of drug-likeness (QED) is 0.263. The maximum absolute atomic E-state index is 6.42. The van der Waals surface area contributed by atoms with Crippen molar-refractivity contribution in [2.75, 3.05) is 6.61 Å². The standard InChI is InChI=1S/C16H41NO4Si4/c1-22(2,3)18-14-16(20-24(7,8)9)15(19-23(4,5)6)13-17-21-25(10,11)12/h13,15-16H,14H2,1-12H3. The predicted octanol–water partition coefficient (Wildman–Crippen LogP) is 5.12. The van der Waals surface area contributed by atoms with Crippen LogP contribution >= 0.6 is 0 Å². The molecule has 0 aliphatic rings. The number of hydrogen-bond acceptors (Lipinski definition) is 5. The van der Waals surface area contributed by atoms with Gasteiger partial charge in [-0.25, -0.2) is 0 Å². The minimum absolute atomic E-state index is 0.154. The monoisotopic (exact) mass is 423 g/mol. The van der Waals surface area contributed by atoms with Crippen molar-refractivity contribution >= 4 is 39.5 Å². The van der Waals surface area contributed by atoms with E-state index in [1.807, 2.05) is 0 Å². The first-order valence-electron chi connectivity index (χ1n) is 9.09. The van der Waals surface area contributed by atoms with E-state index in [2.05, 4.69) is 83.7 Å². The highest BCUT2D eigenvalue weighted by Crippen LogP contribution is 2.18. The number of rotatable bonds is 11. The molecule has 0 aromatic carbocycles. The topological polar surface area (TPSA) is 49.3 Å². The van der Waals surface area contributed by atoms with Crippen molar-refractivity contribution in [3.05, 3.63) is 0 Å². The maximum atomic E-state index is 6.42. The van der Waals surface area contributed by atoms with Gasteiger partial charge in [0.1, 0.15) is 6.10 Å². The number of oxime groups is 1. The second-order valence-corrected chi connectivity index (χ2v) is 28.2. The fourth-order valence-electron chi connectivity index (χ4n) is 1.84. The minimum Gasteiger partial charge on any atom is -0.456 e. The SMILES string of the molecule is C[Si](C)(C)OCC(O[Si](C)(C)C)C(C=NO[Si](C)(C)C)O[Si](C)(C)C. The minimum atomic E-state index is -1.77. The van der Waals surface area contributed by atoms with E-state index in [9.17, 15) is 0 Å². The van der Waals surface area contributed by atoms with E-state index in [-0.39, 0.29) is 12.2 Å². The second kappa shape index (κ2) is 9.42. The van der Waals surface area contributed by atoms with Crippen LogP contribution < -0.4 is 0 Å². The lowest BCUT2D eigenvalue weighted by Gasteiger charge is -2.35. The van der Waals surface area contributed by atoms with Crippen molar-refractivity contribution in [1.82, 2.24) is 0 Å². The van der Waals surface area contributed by atoms with Gasteiger partial charge in [0.15, 0.2) is 25.0 Å². The van der Waals surface area contributed by atoms with Crippen LogP contribution in [0.3, 0.4) is 0 Å². The molecule has 0 amide bonds. The van der Waals surface area contributed by atoms with Crippen molar-refractivity contribution in [3.8, 4) is 0 Å². The van der Waals surface area contributed by atoms with Crippen LogP contribution in [0.5, 0.6) is 0 Å². The molecule has 0 spiro atoms. The Balaban J connectivity index is 5.40. The molecule has 0 rings (SSSR count). The van der Waals surface area contributed by atoms with Gasteiger partial charge in [0, 0.05) is 0 Å². The average Bonchev–Trinajstić information content (AvgIpc) is 2.27. The first-order valence-corrected chi connectivity index (χ1v) is 22.7. The summed E-state index contributed by atoms with van der Waals surface area (Å²) in [5.41, 5.74) is 0. The summed E-state index contributed by atoms with van der Waals surface area (Å²) in [4.78, 5) is 0. The van der Waals surface area contributed by atoms with Crippen LogP contribution in [0, 0.1) is 0 Å². The molecule has 5 nitrogen and oxygen atoms in total. The summed E-state index contributed by atoms with van der Waals surface area (Å²) in [6, 6.07) is 0. The van der Waals surface area contributed by atoms with Gasteiger partial charge in [-0.2, -0.15) is 0 Å². The predicted molar refractivity (Wildman–Crippen MR) is 119 cm³/mol. The first-order chi connectivity index (χ1) is 10.9. The summed E-state index contributed by atoms with van der Waals surface area (Å²) in [6.45, 7) is 26.6. The smallest absolute Gasteiger partial charge is 0.278 e. The Morgan fingerprint density at radius 2 is 1.16 bits per heavy atom.